The minimum atomic E-state index is -0.621. The highest BCUT2D eigenvalue weighted by molar-refractivity contribution is 5.70. The van der Waals surface area contributed by atoms with Crippen molar-refractivity contribution in [2.75, 3.05) is 51.3 Å². The first kappa shape index (κ1) is 31.4. The lowest BCUT2D eigenvalue weighted by Gasteiger charge is -2.42. The Hall–Kier alpha value is -4.04. The molecule has 2 amide bonds. The number of nitriles is 1. The molecule has 3 aliphatic heterocycles. The third-order valence-electron chi connectivity index (χ3n) is 8.45. The van der Waals surface area contributed by atoms with E-state index in [0.29, 0.717) is 57.7 Å². The van der Waals surface area contributed by atoms with Crippen molar-refractivity contribution in [3.63, 3.8) is 0 Å². The zero-order valence-corrected chi connectivity index (χ0v) is 26.3. The average molecular weight is 605 g/mol. The number of hydrogen-bond acceptors (Lipinski definition) is 9. The summed E-state index contributed by atoms with van der Waals surface area (Å²) in [5, 5.41) is 9.59. The van der Waals surface area contributed by atoms with Crippen LogP contribution in [-0.4, -0.2) is 95.9 Å². The van der Waals surface area contributed by atoms with Gasteiger partial charge in [0, 0.05) is 32.2 Å². The molecule has 2 atom stereocenters. The first-order valence-corrected chi connectivity index (χ1v) is 15.5. The van der Waals surface area contributed by atoms with E-state index in [0.717, 1.165) is 41.9 Å². The lowest BCUT2D eigenvalue weighted by atomic mass is 10.0. The third-order valence-corrected chi connectivity index (χ3v) is 8.45. The number of fused-ring (bicyclic) bond motifs is 1. The van der Waals surface area contributed by atoms with Crippen LogP contribution < -0.4 is 9.64 Å². The molecule has 0 unspecified atom stereocenters. The Bertz CT molecular complexity index is 1360. The normalized spacial score (nSPS) is 20.6. The van der Waals surface area contributed by atoms with E-state index in [1.54, 1.807) is 9.80 Å². The van der Waals surface area contributed by atoms with Gasteiger partial charge in [-0.2, -0.15) is 5.26 Å². The lowest BCUT2D eigenvalue weighted by molar-refractivity contribution is 0.0145. The van der Waals surface area contributed by atoms with Crippen molar-refractivity contribution in [2.45, 2.75) is 77.3 Å². The molecule has 1 aromatic heterocycles. The predicted molar refractivity (Wildman–Crippen MR) is 165 cm³/mol. The summed E-state index contributed by atoms with van der Waals surface area (Å²) in [6.07, 6.45) is 2.27. The molecule has 1 aromatic carbocycles. The maximum absolute atomic E-state index is 13.0. The Morgan fingerprint density at radius 3 is 2.57 bits per heavy atom. The summed E-state index contributed by atoms with van der Waals surface area (Å²) in [6, 6.07) is 14.0. The minimum Gasteiger partial charge on any atom is -0.475 e. The maximum atomic E-state index is 13.0. The van der Waals surface area contributed by atoms with Gasteiger partial charge in [-0.05, 0) is 70.8 Å². The lowest BCUT2D eigenvalue weighted by Crippen LogP contribution is -2.56. The van der Waals surface area contributed by atoms with Gasteiger partial charge in [0.25, 0.3) is 0 Å². The second-order valence-corrected chi connectivity index (χ2v) is 12.9. The minimum absolute atomic E-state index is 0.192. The molecule has 236 valence electrons. The van der Waals surface area contributed by atoms with E-state index in [-0.39, 0.29) is 25.2 Å². The Morgan fingerprint density at radius 1 is 1.07 bits per heavy atom. The van der Waals surface area contributed by atoms with Gasteiger partial charge < -0.3 is 33.8 Å². The number of pyridine rings is 1. The number of ether oxygens (including phenoxy) is 3. The molecule has 2 fully saturated rings. The van der Waals surface area contributed by atoms with Crippen LogP contribution in [0.1, 0.15) is 56.9 Å². The van der Waals surface area contributed by atoms with E-state index in [9.17, 15) is 14.9 Å². The number of hydrogen-bond donors (Lipinski definition) is 0. The molecule has 11 nitrogen and oxygen atoms in total. The van der Waals surface area contributed by atoms with Crippen molar-refractivity contribution < 1.29 is 23.8 Å². The molecule has 4 heterocycles. The summed E-state index contributed by atoms with van der Waals surface area (Å²) in [7, 11) is 2.11. The fourth-order valence-electron chi connectivity index (χ4n) is 6.01. The SMILES string of the molecule is CN1CCC[C@H]1COc1nc2c(cc1N1CCN(C(=O)OC(C)(C)C)[C@@H](CC#N)C1)CCN(C(=O)OCc1ccccc1)C2. The van der Waals surface area contributed by atoms with Crippen LogP contribution in [0.15, 0.2) is 36.4 Å². The molecule has 5 rings (SSSR count). The molecule has 0 saturated carbocycles. The molecule has 44 heavy (non-hydrogen) atoms. The molecule has 3 aliphatic rings. The van der Waals surface area contributed by atoms with Crippen molar-refractivity contribution in [1.29, 1.82) is 5.26 Å². The van der Waals surface area contributed by atoms with Crippen molar-refractivity contribution in [3.8, 4) is 11.9 Å². The summed E-state index contributed by atoms with van der Waals surface area (Å²) in [5.41, 5.74) is 3.03. The van der Waals surface area contributed by atoms with Crippen molar-refractivity contribution in [3.05, 3.63) is 53.2 Å². The van der Waals surface area contributed by atoms with Crippen molar-refractivity contribution >= 4 is 17.9 Å². The number of carbonyl (C=O) groups excluding carboxylic acids is 2. The average Bonchev–Trinajstić information content (AvgIpc) is 3.42. The van der Waals surface area contributed by atoms with Crippen LogP contribution in [0, 0.1) is 11.3 Å². The van der Waals surface area contributed by atoms with Gasteiger partial charge in [-0.3, -0.25) is 0 Å². The number of carbonyl (C=O) groups is 2. The molecule has 0 bridgehead atoms. The monoisotopic (exact) mass is 604 g/mol. The summed E-state index contributed by atoms with van der Waals surface area (Å²) in [6.45, 7) is 9.60. The van der Waals surface area contributed by atoms with E-state index >= 15 is 0 Å². The largest absolute Gasteiger partial charge is 0.475 e. The molecule has 0 spiro atoms. The zero-order chi connectivity index (χ0) is 31.3. The highest BCUT2D eigenvalue weighted by Gasteiger charge is 2.35. The molecule has 11 heteroatoms. The molecular weight excluding hydrogens is 560 g/mol. The second kappa shape index (κ2) is 13.7. The van der Waals surface area contributed by atoms with Crippen LogP contribution in [0.25, 0.3) is 0 Å². The van der Waals surface area contributed by atoms with Gasteiger partial charge in [0.15, 0.2) is 0 Å². The molecule has 0 aliphatic carbocycles. The van der Waals surface area contributed by atoms with Gasteiger partial charge in [0.2, 0.25) is 5.88 Å². The quantitative estimate of drug-likeness (QED) is 0.448. The fourth-order valence-corrected chi connectivity index (χ4v) is 6.01. The summed E-state index contributed by atoms with van der Waals surface area (Å²) >= 11 is 0. The first-order chi connectivity index (χ1) is 21.1. The predicted octanol–water partition coefficient (Wildman–Crippen LogP) is 4.59. The Labute approximate surface area is 260 Å². The number of likely N-dealkylation sites (tertiary alicyclic amines) is 1. The number of benzene rings is 1. The van der Waals surface area contributed by atoms with E-state index in [4.69, 9.17) is 19.2 Å². The highest BCUT2D eigenvalue weighted by atomic mass is 16.6. The molecular formula is C33H44N6O5. The number of nitrogens with zero attached hydrogens (tertiary/aromatic N) is 6. The summed E-state index contributed by atoms with van der Waals surface area (Å²) in [4.78, 5) is 38.8. The van der Waals surface area contributed by atoms with Crippen LogP contribution in [0.4, 0.5) is 15.3 Å². The Morgan fingerprint density at radius 2 is 1.86 bits per heavy atom. The van der Waals surface area contributed by atoms with E-state index in [1.165, 1.54) is 0 Å². The van der Waals surface area contributed by atoms with E-state index in [1.807, 2.05) is 51.1 Å². The number of amides is 2. The van der Waals surface area contributed by atoms with E-state index < -0.39 is 11.7 Å². The summed E-state index contributed by atoms with van der Waals surface area (Å²) in [5.74, 6) is 0.518. The van der Waals surface area contributed by atoms with Crippen LogP contribution >= 0.6 is 0 Å². The van der Waals surface area contributed by atoms with Crippen LogP contribution in [-0.2, 0) is 29.0 Å². The van der Waals surface area contributed by atoms with Crippen LogP contribution in [0.5, 0.6) is 5.88 Å². The van der Waals surface area contributed by atoms with Crippen LogP contribution in [0.3, 0.4) is 0 Å². The zero-order valence-electron chi connectivity index (χ0n) is 26.3. The van der Waals surface area contributed by atoms with Crippen molar-refractivity contribution in [2.24, 2.45) is 0 Å². The van der Waals surface area contributed by atoms with Crippen molar-refractivity contribution in [1.82, 2.24) is 19.7 Å². The number of rotatable bonds is 7. The topological polar surface area (TPSA) is 111 Å². The number of likely N-dealkylation sites (N-methyl/N-ethyl adjacent to an activating group) is 1. The van der Waals surface area contributed by atoms with Gasteiger partial charge in [-0.1, -0.05) is 30.3 Å². The first-order valence-electron chi connectivity index (χ1n) is 15.5. The van der Waals surface area contributed by atoms with Gasteiger partial charge in [-0.25, -0.2) is 14.6 Å². The molecule has 2 saturated heterocycles. The Balaban J connectivity index is 1.35. The fraction of sp³-hybridized carbons (Fsp3) is 0.576. The molecule has 0 N–H and O–H groups in total. The highest BCUT2D eigenvalue weighted by Crippen LogP contribution is 2.34. The number of anilines is 1. The maximum Gasteiger partial charge on any atom is 0.410 e. The number of aromatic nitrogens is 1. The van der Waals surface area contributed by atoms with Crippen LogP contribution in [0.2, 0.25) is 0 Å². The molecule has 2 aromatic rings. The van der Waals surface area contributed by atoms with Gasteiger partial charge in [0.1, 0.15) is 24.5 Å². The van der Waals surface area contributed by atoms with Gasteiger partial charge >= 0.3 is 12.2 Å². The second-order valence-electron chi connectivity index (χ2n) is 12.9. The Kier molecular flexibility index (Phi) is 9.79. The molecule has 0 radical (unpaired) electrons. The third kappa shape index (κ3) is 7.72. The standard InChI is InChI=1S/C33H44N6O5/c1-33(2,3)44-32(41)39-18-17-37(20-26(39)12-14-34)29-19-25-13-16-38(31(40)43-22-24-9-6-5-7-10-24)21-28(25)35-30(29)42-23-27-11-8-15-36(27)4/h5-7,9-10,19,26-27H,8,11-13,15-18,20-23H2,1-4H3/t26-,27-/m0/s1. The number of piperazine rings is 1. The van der Waals surface area contributed by atoms with Gasteiger partial charge in [0.05, 0.1) is 30.8 Å². The van der Waals surface area contributed by atoms with Gasteiger partial charge in [-0.15, -0.1) is 0 Å². The van der Waals surface area contributed by atoms with E-state index in [2.05, 4.69) is 29.0 Å². The smallest absolute Gasteiger partial charge is 0.410 e. The summed E-state index contributed by atoms with van der Waals surface area (Å²) < 4.78 is 17.7.